The van der Waals surface area contributed by atoms with E-state index in [4.69, 9.17) is 0 Å². The summed E-state index contributed by atoms with van der Waals surface area (Å²) in [6, 6.07) is 6.21. The molecule has 2 unspecified atom stereocenters. The fraction of sp³-hybridized carbons (Fsp3) is 0.625. The Labute approximate surface area is 116 Å². The number of hydrogen-bond acceptors (Lipinski definition) is 2. The first-order chi connectivity index (χ1) is 8.91. The van der Waals surface area contributed by atoms with Crippen molar-refractivity contribution in [3.8, 4) is 0 Å². The minimum Gasteiger partial charge on any atom is -0.366 e. The monoisotopic (exact) mass is 264 g/mol. The SMILES string of the molecule is Cc1cc(F)ccc1N1CCC(N(C)C)C1C(C)C. The molecule has 2 rings (SSSR count). The van der Waals surface area contributed by atoms with E-state index in [1.54, 1.807) is 12.1 Å². The lowest BCUT2D eigenvalue weighted by atomic mass is 9.96. The van der Waals surface area contributed by atoms with Gasteiger partial charge in [0, 0.05) is 24.3 Å². The molecule has 1 aromatic rings. The Bertz CT molecular complexity index is 442. The van der Waals surface area contributed by atoms with Crippen molar-refractivity contribution < 1.29 is 4.39 Å². The summed E-state index contributed by atoms with van der Waals surface area (Å²) in [6.45, 7) is 7.60. The molecule has 1 heterocycles. The second kappa shape index (κ2) is 5.49. The molecular weight excluding hydrogens is 239 g/mol. The minimum absolute atomic E-state index is 0.147. The summed E-state index contributed by atoms with van der Waals surface area (Å²) in [5.74, 6) is 0.435. The first-order valence-electron chi connectivity index (χ1n) is 7.11. The first-order valence-corrected chi connectivity index (χ1v) is 7.11. The molecule has 0 N–H and O–H groups in total. The molecule has 0 radical (unpaired) electrons. The van der Waals surface area contributed by atoms with Gasteiger partial charge in [0.05, 0.1) is 0 Å². The number of halogens is 1. The summed E-state index contributed by atoms with van der Waals surface area (Å²) < 4.78 is 13.3. The zero-order valence-electron chi connectivity index (χ0n) is 12.7. The fourth-order valence-electron chi connectivity index (χ4n) is 3.39. The zero-order valence-corrected chi connectivity index (χ0v) is 12.7. The highest BCUT2D eigenvalue weighted by molar-refractivity contribution is 5.55. The number of anilines is 1. The maximum atomic E-state index is 13.3. The highest BCUT2D eigenvalue weighted by atomic mass is 19.1. The van der Waals surface area contributed by atoms with Crippen molar-refractivity contribution >= 4 is 5.69 Å². The highest BCUT2D eigenvalue weighted by Gasteiger charge is 2.37. The van der Waals surface area contributed by atoms with Crippen LogP contribution in [0.3, 0.4) is 0 Å². The van der Waals surface area contributed by atoms with Crippen LogP contribution in [-0.4, -0.2) is 37.6 Å². The molecular formula is C16H25FN2. The third-order valence-electron chi connectivity index (χ3n) is 4.23. The molecule has 0 saturated carbocycles. The van der Waals surface area contributed by atoms with Gasteiger partial charge in [0.1, 0.15) is 5.82 Å². The van der Waals surface area contributed by atoms with Crippen LogP contribution in [0.25, 0.3) is 0 Å². The lowest BCUT2D eigenvalue weighted by Crippen LogP contribution is -2.45. The summed E-state index contributed by atoms with van der Waals surface area (Å²) in [6.07, 6.45) is 1.17. The van der Waals surface area contributed by atoms with Crippen LogP contribution in [0, 0.1) is 18.7 Å². The van der Waals surface area contributed by atoms with Gasteiger partial charge in [-0.2, -0.15) is 0 Å². The second-order valence-corrected chi connectivity index (χ2v) is 6.18. The topological polar surface area (TPSA) is 6.48 Å². The predicted octanol–water partition coefficient (Wildman–Crippen LogP) is 3.30. The van der Waals surface area contributed by atoms with Gasteiger partial charge in [-0.05, 0) is 57.1 Å². The van der Waals surface area contributed by atoms with Gasteiger partial charge < -0.3 is 9.80 Å². The minimum atomic E-state index is -0.147. The van der Waals surface area contributed by atoms with Crippen molar-refractivity contribution in [2.75, 3.05) is 25.5 Å². The Morgan fingerprint density at radius 1 is 1.32 bits per heavy atom. The van der Waals surface area contributed by atoms with Gasteiger partial charge in [0.2, 0.25) is 0 Å². The Kier molecular flexibility index (Phi) is 4.14. The first kappa shape index (κ1) is 14.3. The van der Waals surface area contributed by atoms with Gasteiger partial charge in [-0.3, -0.25) is 0 Å². The number of aryl methyl sites for hydroxylation is 1. The van der Waals surface area contributed by atoms with E-state index in [1.807, 2.05) is 13.0 Å². The molecule has 2 nitrogen and oxygen atoms in total. The Morgan fingerprint density at radius 2 is 2.00 bits per heavy atom. The summed E-state index contributed by atoms with van der Waals surface area (Å²) >= 11 is 0. The molecule has 0 aliphatic carbocycles. The van der Waals surface area contributed by atoms with E-state index in [9.17, 15) is 4.39 Å². The molecule has 0 spiro atoms. The van der Waals surface area contributed by atoms with E-state index >= 15 is 0 Å². The van der Waals surface area contributed by atoms with E-state index in [-0.39, 0.29) is 5.82 Å². The van der Waals surface area contributed by atoms with Crippen molar-refractivity contribution in [3.63, 3.8) is 0 Å². The molecule has 106 valence electrons. The van der Waals surface area contributed by atoms with E-state index in [0.717, 1.165) is 12.1 Å². The van der Waals surface area contributed by atoms with Crippen LogP contribution in [0.4, 0.5) is 10.1 Å². The van der Waals surface area contributed by atoms with E-state index in [1.165, 1.54) is 12.1 Å². The van der Waals surface area contributed by atoms with Crippen LogP contribution in [-0.2, 0) is 0 Å². The third-order valence-corrected chi connectivity index (χ3v) is 4.23. The fourth-order valence-corrected chi connectivity index (χ4v) is 3.39. The van der Waals surface area contributed by atoms with Gasteiger partial charge >= 0.3 is 0 Å². The largest absolute Gasteiger partial charge is 0.366 e. The van der Waals surface area contributed by atoms with Gasteiger partial charge in [0.25, 0.3) is 0 Å². The summed E-state index contributed by atoms with van der Waals surface area (Å²) in [5, 5.41) is 0. The summed E-state index contributed by atoms with van der Waals surface area (Å²) in [5.41, 5.74) is 2.22. The molecule has 1 aliphatic rings. The molecule has 0 bridgehead atoms. The van der Waals surface area contributed by atoms with Crippen LogP contribution in [0.2, 0.25) is 0 Å². The number of rotatable bonds is 3. The zero-order chi connectivity index (χ0) is 14.2. The second-order valence-electron chi connectivity index (χ2n) is 6.18. The van der Waals surface area contributed by atoms with Crippen molar-refractivity contribution in [2.45, 2.75) is 39.3 Å². The molecule has 0 amide bonds. The van der Waals surface area contributed by atoms with Gasteiger partial charge in [-0.15, -0.1) is 0 Å². The van der Waals surface area contributed by atoms with Crippen LogP contribution in [0.1, 0.15) is 25.8 Å². The van der Waals surface area contributed by atoms with E-state index in [2.05, 4.69) is 37.7 Å². The van der Waals surface area contributed by atoms with Crippen LogP contribution >= 0.6 is 0 Å². The summed E-state index contributed by atoms with van der Waals surface area (Å²) in [7, 11) is 4.31. The van der Waals surface area contributed by atoms with Crippen molar-refractivity contribution in [3.05, 3.63) is 29.6 Å². The normalized spacial score (nSPS) is 23.7. The van der Waals surface area contributed by atoms with Gasteiger partial charge in [-0.1, -0.05) is 13.8 Å². The van der Waals surface area contributed by atoms with Crippen molar-refractivity contribution in [1.82, 2.24) is 4.90 Å². The van der Waals surface area contributed by atoms with Crippen LogP contribution < -0.4 is 4.90 Å². The lowest BCUT2D eigenvalue weighted by molar-refractivity contribution is 0.246. The average molecular weight is 264 g/mol. The van der Waals surface area contributed by atoms with Crippen molar-refractivity contribution in [2.24, 2.45) is 5.92 Å². The number of hydrogen-bond donors (Lipinski definition) is 0. The molecule has 19 heavy (non-hydrogen) atoms. The molecule has 1 aromatic carbocycles. The Balaban J connectivity index is 2.33. The average Bonchev–Trinajstić information content (AvgIpc) is 2.73. The number of nitrogens with zero attached hydrogens (tertiary/aromatic N) is 2. The van der Waals surface area contributed by atoms with E-state index < -0.39 is 0 Å². The molecule has 1 aliphatic heterocycles. The molecule has 0 aromatic heterocycles. The third kappa shape index (κ3) is 2.76. The maximum Gasteiger partial charge on any atom is 0.123 e. The molecule has 1 saturated heterocycles. The van der Waals surface area contributed by atoms with Crippen molar-refractivity contribution in [1.29, 1.82) is 0 Å². The molecule has 3 heteroatoms. The van der Waals surface area contributed by atoms with Crippen LogP contribution in [0.15, 0.2) is 18.2 Å². The Hall–Kier alpha value is -1.09. The van der Waals surface area contributed by atoms with Gasteiger partial charge in [-0.25, -0.2) is 4.39 Å². The van der Waals surface area contributed by atoms with Crippen LogP contribution in [0.5, 0.6) is 0 Å². The standard InChI is InChI=1S/C16H25FN2/c1-11(2)16-15(18(4)5)8-9-19(16)14-7-6-13(17)10-12(14)3/h6-7,10-11,15-16H,8-9H2,1-5H3. The van der Waals surface area contributed by atoms with Gasteiger partial charge in [0.15, 0.2) is 0 Å². The molecule has 2 atom stereocenters. The highest BCUT2D eigenvalue weighted by Crippen LogP contribution is 2.33. The smallest absolute Gasteiger partial charge is 0.123 e. The van der Waals surface area contributed by atoms with E-state index in [0.29, 0.717) is 18.0 Å². The number of likely N-dealkylation sites (N-methyl/N-ethyl adjacent to an activating group) is 1. The maximum absolute atomic E-state index is 13.3. The molecule has 1 fully saturated rings. The lowest BCUT2D eigenvalue weighted by Gasteiger charge is -2.36. The quantitative estimate of drug-likeness (QED) is 0.826. The predicted molar refractivity (Wildman–Crippen MR) is 79.2 cm³/mol. The number of benzene rings is 1. The Morgan fingerprint density at radius 3 is 2.53 bits per heavy atom. The summed E-state index contributed by atoms with van der Waals surface area (Å²) in [4.78, 5) is 4.79.